The van der Waals surface area contributed by atoms with Gasteiger partial charge < -0.3 is 10.1 Å². The van der Waals surface area contributed by atoms with Crippen LogP contribution in [0.1, 0.15) is 51.1 Å². The summed E-state index contributed by atoms with van der Waals surface area (Å²) in [6, 6.07) is 9.58. The number of rotatable bonds is 6. The van der Waals surface area contributed by atoms with Crippen LogP contribution in [0.5, 0.6) is 5.75 Å². The monoisotopic (exact) mass is 293 g/mol. The molecule has 0 heterocycles. The topological polar surface area (TPSA) is 21.3 Å². The van der Waals surface area contributed by atoms with Gasteiger partial charge in [-0.2, -0.15) is 11.8 Å². The van der Waals surface area contributed by atoms with Gasteiger partial charge in [0.1, 0.15) is 5.75 Å². The van der Waals surface area contributed by atoms with Gasteiger partial charge in [0.25, 0.3) is 0 Å². The second kappa shape index (κ2) is 7.94. The minimum atomic E-state index is 0.413. The van der Waals surface area contributed by atoms with E-state index in [1.807, 2.05) is 18.7 Å². The highest BCUT2D eigenvalue weighted by Gasteiger charge is 2.22. The smallest absolute Gasteiger partial charge is 0.119 e. The zero-order chi connectivity index (χ0) is 14.4. The van der Waals surface area contributed by atoms with E-state index in [4.69, 9.17) is 4.74 Å². The molecule has 0 spiro atoms. The van der Waals surface area contributed by atoms with E-state index in [2.05, 4.69) is 42.8 Å². The van der Waals surface area contributed by atoms with Crippen LogP contribution in [0.4, 0.5) is 0 Å². The molecule has 20 heavy (non-hydrogen) atoms. The van der Waals surface area contributed by atoms with Crippen molar-refractivity contribution in [1.82, 2.24) is 5.32 Å². The molecule has 0 radical (unpaired) electrons. The molecule has 2 nitrogen and oxygen atoms in total. The van der Waals surface area contributed by atoms with Crippen LogP contribution in [-0.4, -0.2) is 24.2 Å². The first-order valence-corrected chi connectivity index (χ1v) is 9.03. The van der Waals surface area contributed by atoms with Gasteiger partial charge in [0.05, 0.1) is 6.61 Å². The van der Waals surface area contributed by atoms with E-state index >= 15 is 0 Å². The number of ether oxygens (including phenoxy) is 1. The molecule has 1 aliphatic carbocycles. The van der Waals surface area contributed by atoms with Gasteiger partial charge in [-0.25, -0.2) is 0 Å². The Labute approximate surface area is 127 Å². The van der Waals surface area contributed by atoms with Crippen LogP contribution in [0.25, 0.3) is 0 Å². The average molecular weight is 293 g/mol. The summed E-state index contributed by atoms with van der Waals surface area (Å²) < 4.78 is 5.50. The van der Waals surface area contributed by atoms with Gasteiger partial charge in [0.15, 0.2) is 0 Å². The maximum atomic E-state index is 5.50. The fourth-order valence-electron chi connectivity index (χ4n) is 2.98. The molecule has 2 rings (SSSR count). The molecule has 1 aromatic carbocycles. The van der Waals surface area contributed by atoms with E-state index in [0.29, 0.717) is 12.1 Å². The van der Waals surface area contributed by atoms with Crippen molar-refractivity contribution in [3.8, 4) is 5.75 Å². The van der Waals surface area contributed by atoms with Gasteiger partial charge >= 0.3 is 0 Å². The number of benzene rings is 1. The first-order chi connectivity index (χ1) is 9.72. The molecule has 0 amide bonds. The first kappa shape index (κ1) is 15.7. The molecule has 0 saturated heterocycles. The second-order valence-corrected chi connectivity index (χ2v) is 6.75. The lowest BCUT2D eigenvalue weighted by molar-refractivity contribution is 0.339. The Morgan fingerprint density at radius 3 is 2.70 bits per heavy atom. The summed E-state index contributed by atoms with van der Waals surface area (Å²) in [5, 5.41) is 4.64. The van der Waals surface area contributed by atoms with Gasteiger partial charge in [0, 0.05) is 17.3 Å². The normalized spacial score (nSPS) is 24.4. The van der Waals surface area contributed by atoms with Gasteiger partial charge in [-0.15, -0.1) is 0 Å². The van der Waals surface area contributed by atoms with Crippen molar-refractivity contribution in [2.24, 2.45) is 0 Å². The van der Waals surface area contributed by atoms with E-state index in [1.54, 1.807) is 0 Å². The van der Waals surface area contributed by atoms with E-state index < -0.39 is 0 Å². The van der Waals surface area contributed by atoms with E-state index in [0.717, 1.165) is 17.6 Å². The van der Waals surface area contributed by atoms with Gasteiger partial charge in [0.2, 0.25) is 0 Å². The molecule has 0 aliphatic heterocycles. The van der Waals surface area contributed by atoms with Crippen LogP contribution in [0.15, 0.2) is 24.3 Å². The van der Waals surface area contributed by atoms with Crippen molar-refractivity contribution >= 4 is 11.8 Å². The summed E-state index contributed by atoms with van der Waals surface area (Å²) in [6.07, 6.45) is 7.61. The predicted molar refractivity (Wildman–Crippen MR) is 88.7 cm³/mol. The highest BCUT2D eigenvalue weighted by molar-refractivity contribution is 7.99. The minimum Gasteiger partial charge on any atom is -0.494 e. The molecule has 3 atom stereocenters. The Balaban J connectivity index is 1.88. The van der Waals surface area contributed by atoms with Gasteiger partial charge in [-0.3, -0.25) is 0 Å². The summed E-state index contributed by atoms with van der Waals surface area (Å²) in [7, 11) is 0. The molecule has 3 heteroatoms. The Kier molecular flexibility index (Phi) is 6.24. The first-order valence-electron chi connectivity index (χ1n) is 7.74. The molecule has 1 aromatic rings. The Hall–Kier alpha value is -0.670. The fourth-order valence-corrected chi connectivity index (χ4v) is 3.81. The van der Waals surface area contributed by atoms with E-state index in [-0.39, 0.29) is 0 Å². The van der Waals surface area contributed by atoms with Crippen molar-refractivity contribution in [2.45, 2.75) is 56.9 Å². The molecule has 1 fully saturated rings. The SMILES string of the molecule is CCOc1ccc(C(C)NC2CCCC(SC)C2)cc1. The number of hydrogen-bond donors (Lipinski definition) is 1. The zero-order valence-corrected chi connectivity index (χ0v) is 13.7. The van der Waals surface area contributed by atoms with Crippen molar-refractivity contribution < 1.29 is 4.74 Å². The van der Waals surface area contributed by atoms with Crippen LogP contribution in [0.3, 0.4) is 0 Å². The standard InChI is InChI=1S/C17H27NOS/c1-4-19-16-10-8-14(9-11-16)13(2)18-15-6-5-7-17(12-15)20-3/h8-11,13,15,17-18H,4-7,12H2,1-3H3. The molecule has 1 aliphatic rings. The maximum absolute atomic E-state index is 5.50. The zero-order valence-electron chi connectivity index (χ0n) is 12.9. The molecule has 1 N–H and O–H groups in total. The minimum absolute atomic E-state index is 0.413. The van der Waals surface area contributed by atoms with Crippen LogP contribution in [0, 0.1) is 0 Å². The second-order valence-electron chi connectivity index (χ2n) is 5.61. The third kappa shape index (κ3) is 4.42. The lowest BCUT2D eigenvalue weighted by Crippen LogP contribution is -2.36. The number of hydrogen-bond acceptors (Lipinski definition) is 3. The van der Waals surface area contributed by atoms with Gasteiger partial charge in [-0.05, 0) is 57.1 Å². The maximum Gasteiger partial charge on any atom is 0.119 e. The summed E-state index contributed by atoms with van der Waals surface area (Å²) in [5.74, 6) is 0.962. The number of nitrogens with one attached hydrogen (secondary N) is 1. The quantitative estimate of drug-likeness (QED) is 0.839. The summed E-state index contributed by atoms with van der Waals surface area (Å²) >= 11 is 2.02. The molecule has 0 aromatic heterocycles. The van der Waals surface area contributed by atoms with Crippen LogP contribution in [-0.2, 0) is 0 Å². The summed E-state index contributed by atoms with van der Waals surface area (Å²) in [4.78, 5) is 0. The predicted octanol–water partition coefficient (Wildman–Crippen LogP) is 4.41. The molecular formula is C17H27NOS. The van der Waals surface area contributed by atoms with Crippen molar-refractivity contribution in [2.75, 3.05) is 12.9 Å². The van der Waals surface area contributed by atoms with Crippen LogP contribution < -0.4 is 10.1 Å². The lowest BCUT2D eigenvalue weighted by atomic mass is 9.93. The summed E-state index contributed by atoms with van der Waals surface area (Å²) in [6.45, 7) is 5.01. The van der Waals surface area contributed by atoms with Crippen molar-refractivity contribution in [1.29, 1.82) is 0 Å². The Morgan fingerprint density at radius 1 is 1.30 bits per heavy atom. The molecule has 0 bridgehead atoms. The highest BCUT2D eigenvalue weighted by atomic mass is 32.2. The van der Waals surface area contributed by atoms with Crippen molar-refractivity contribution in [3.63, 3.8) is 0 Å². The highest BCUT2D eigenvalue weighted by Crippen LogP contribution is 2.28. The van der Waals surface area contributed by atoms with Crippen LogP contribution >= 0.6 is 11.8 Å². The fraction of sp³-hybridized carbons (Fsp3) is 0.647. The summed E-state index contributed by atoms with van der Waals surface area (Å²) in [5.41, 5.74) is 1.35. The van der Waals surface area contributed by atoms with Crippen molar-refractivity contribution in [3.05, 3.63) is 29.8 Å². The third-order valence-electron chi connectivity index (χ3n) is 4.14. The Morgan fingerprint density at radius 2 is 2.05 bits per heavy atom. The van der Waals surface area contributed by atoms with E-state index in [1.165, 1.54) is 31.2 Å². The van der Waals surface area contributed by atoms with Gasteiger partial charge in [-0.1, -0.05) is 18.6 Å². The lowest BCUT2D eigenvalue weighted by Gasteiger charge is -2.31. The third-order valence-corrected chi connectivity index (χ3v) is 5.23. The molecule has 1 saturated carbocycles. The molecule has 112 valence electrons. The largest absolute Gasteiger partial charge is 0.494 e. The Bertz CT molecular complexity index is 392. The molecule has 3 unspecified atom stereocenters. The average Bonchev–Trinajstić information content (AvgIpc) is 2.48. The molecular weight excluding hydrogens is 266 g/mol. The number of thioether (sulfide) groups is 1. The van der Waals surface area contributed by atoms with E-state index in [9.17, 15) is 0 Å². The van der Waals surface area contributed by atoms with Crippen LogP contribution in [0.2, 0.25) is 0 Å².